The lowest BCUT2D eigenvalue weighted by atomic mass is 10.0. The zero-order valence-electron chi connectivity index (χ0n) is 10.2. The number of aromatic hydroxyl groups is 1. The van der Waals surface area contributed by atoms with Gasteiger partial charge in [-0.25, -0.2) is 4.39 Å². The number of benzene rings is 1. The molecular weight excluding hydrogens is 257 g/mol. The highest BCUT2D eigenvalue weighted by Crippen LogP contribution is 2.39. The monoisotopic (exact) mass is 273 g/mol. The molecule has 0 amide bonds. The van der Waals surface area contributed by atoms with Gasteiger partial charge in [0.15, 0.2) is 11.6 Å². The molecule has 1 aliphatic rings. The molecule has 1 aromatic rings. The summed E-state index contributed by atoms with van der Waals surface area (Å²) in [4.78, 5) is 0. The summed E-state index contributed by atoms with van der Waals surface area (Å²) in [6, 6.07) is 2.58. The van der Waals surface area contributed by atoms with Crippen molar-refractivity contribution in [1.29, 1.82) is 0 Å². The lowest BCUT2D eigenvalue weighted by molar-refractivity contribution is 0.0367. The Labute approximate surface area is 111 Å². The Bertz CT molecular complexity index is 447. The Hall–Kier alpha value is -0.840. The van der Waals surface area contributed by atoms with E-state index < -0.39 is 17.2 Å². The normalized spacial score (nSPS) is 18.7. The highest BCUT2D eigenvalue weighted by Gasteiger charge is 2.39. The second-order valence-corrected chi connectivity index (χ2v) is 5.57. The first kappa shape index (κ1) is 13.6. The van der Waals surface area contributed by atoms with E-state index in [0.717, 1.165) is 18.9 Å². The van der Waals surface area contributed by atoms with Crippen LogP contribution in [0.25, 0.3) is 0 Å². The lowest BCUT2D eigenvalue weighted by Gasteiger charge is -2.23. The Kier molecular flexibility index (Phi) is 3.80. The van der Waals surface area contributed by atoms with Gasteiger partial charge in [-0.15, -0.1) is 0 Å². The minimum Gasteiger partial charge on any atom is -0.505 e. The quantitative estimate of drug-likeness (QED) is 0.772. The fraction of sp³-hybridized carbons (Fsp3) is 0.538. The molecule has 3 N–H and O–H groups in total. The number of hydrogen-bond donors (Lipinski definition) is 3. The van der Waals surface area contributed by atoms with Gasteiger partial charge >= 0.3 is 0 Å². The van der Waals surface area contributed by atoms with Crippen LogP contribution in [0, 0.1) is 11.7 Å². The van der Waals surface area contributed by atoms with Crippen LogP contribution in [0.4, 0.5) is 4.39 Å². The van der Waals surface area contributed by atoms with E-state index in [-0.39, 0.29) is 11.6 Å². The molecule has 0 bridgehead atoms. The van der Waals surface area contributed by atoms with Gasteiger partial charge in [0.05, 0.1) is 5.60 Å². The van der Waals surface area contributed by atoms with Crippen molar-refractivity contribution in [1.82, 2.24) is 5.32 Å². The first-order valence-electron chi connectivity index (χ1n) is 6.00. The number of nitrogens with one attached hydrogen (secondary N) is 1. The van der Waals surface area contributed by atoms with Gasteiger partial charge < -0.3 is 15.5 Å². The molecule has 0 aromatic heterocycles. The molecule has 0 spiro atoms. The molecule has 1 aliphatic carbocycles. The van der Waals surface area contributed by atoms with E-state index in [0.29, 0.717) is 18.0 Å². The molecular formula is C13H17ClFNO2. The molecule has 0 saturated heterocycles. The van der Waals surface area contributed by atoms with Gasteiger partial charge in [0, 0.05) is 23.7 Å². The molecule has 1 aromatic carbocycles. The summed E-state index contributed by atoms with van der Waals surface area (Å²) in [5.74, 6) is -0.777. The van der Waals surface area contributed by atoms with Crippen LogP contribution in [-0.2, 0) is 6.54 Å². The smallest absolute Gasteiger partial charge is 0.166 e. The predicted molar refractivity (Wildman–Crippen MR) is 68.1 cm³/mol. The van der Waals surface area contributed by atoms with Crippen molar-refractivity contribution in [2.24, 2.45) is 5.92 Å². The Morgan fingerprint density at radius 1 is 1.50 bits per heavy atom. The second kappa shape index (κ2) is 5.03. The summed E-state index contributed by atoms with van der Waals surface area (Å²) < 4.78 is 13.2. The average molecular weight is 274 g/mol. The first-order chi connectivity index (χ1) is 8.40. The third-order valence-electron chi connectivity index (χ3n) is 3.36. The van der Waals surface area contributed by atoms with E-state index in [1.54, 1.807) is 6.92 Å². The molecule has 100 valence electrons. The van der Waals surface area contributed by atoms with Crippen molar-refractivity contribution in [2.75, 3.05) is 6.54 Å². The van der Waals surface area contributed by atoms with Crippen molar-refractivity contribution < 1.29 is 14.6 Å². The van der Waals surface area contributed by atoms with E-state index in [2.05, 4.69) is 5.32 Å². The highest BCUT2D eigenvalue weighted by atomic mass is 35.5. The summed E-state index contributed by atoms with van der Waals surface area (Å²) in [6.07, 6.45) is 2.09. The molecule has 0 aliphatic heterocycles. The van der Waals surface area contributed by atoms with Gasteiger partial charge in [0.25, 0.3) is 0 Å². The maximum atomic E-state index is 13.2. The summed E-state index contributed by atoms with van der Waals surface area (Å²) in [6.45, 7) is 2.47. The fourth-order valence-electron chi connectivity index (χ4n) is 2.05. The molecule has 3 nitrogen and oxygen atoms in total. The second-order valence-electron chi connectivity index (χ2n) is 5.13. The van der Waals surface area contributed by atoms with Crippen LogP contribution < -0.4 is 5.32 Å². The molecule has 1 unspecified atom stereocenters. The van der Waals surface area contributed by atoms with Gasteiger partial charge in [0.1, 0.15) is 0 Å². The molecule has 1 saturated carbocycles. The number of phenolic OH excluding ortho intramolecular Hbond substituents is 1. The van der Waals surface area contributed by atoms with Crippen LogP contribution >= 0.6 is 11.6 Å². The Morgan fingerprint density at radius 2 is 2.17 bits per heavy atom. The van der Waals surface area contributed by atoms with E-state index in [4.69, 9.17) is 11.6 Å². The average Bonchev–Trinajstić information content (AvgIpc) is 3.08. The number of aliphatic hydroxyl groups is 1. The van der Waals surface area contributed by atoms with Gasteiger partial charge in [-0.3, -0.25) is 0 Å². The molecule has 1 fully saturated rings. The van der Waals surface area contributed by atoms with Crippen LogP contribution in [-0.4, -0.2) is 22.4 Å². The zero-order valence-corrected chi connectivity index (χ0v) is 11.0. The SMILES string of the molecule is CC(O)(CNCc1cc(Cl)cc(F)c1O)C1CC1. The molecule has 18 heavy (non-hydrogen) atoms. The topological polar surface area (TPSA) is 52.5 Å². The third kappa shape index (κ3) is 3.13. The molecule has 5 heteroatoms. The maximum absolute atomic E-state index is 13.2. The van der Waals surface area contributed by atoms with Crippen LogP contribution in [0.1, 0.15) is 25.3 Å². The van der Waals surface area contributed by atoms with Crippen molar-refractivity contribution in [3.63, 3.8) is 0 Å². The van der Waals surface area contributed by atoms with Gasteiger partial charge in [0.2, 0.25) is 0 Å². The number of rotatable bonds is 5. The van der Waals surface area contributed by atoms with E-state index >= 15 is 0 Å². The largest absolute Gasteiger partial charge is 0.505 e. The van der Waals surface area contributed by atoms with Crippen molar-refractivity contribution >= 4 is 11.6 Å². The molecule has 0 radical (unpaired) electrons. The van der Waals surface area contributed by atoms with E-state index in [1.165, 1.54) is 6.07 Å². The Balaban J connectivity index is 1.94. The van der Waals surface area contributed by atoms with Crippen LogP contribution in [0.2, 0.25) is 5.02 Å². The molecule has 2 rings (SSSR count). The standard InChI is InChI=1S/C13H17ClFNO2/c1-13(18,9-2-3-9)7-16-6-8-4-10(14)5-11(15)12(8)17/h4-5,9,16-18H,2-3,6-7H2,1H3. The Morgan fingerprint density at radius 3 is 2.78 bits per heavy atom. The van der Waals surface area contributed by atoms with E-state index in [9.17, 15) is 14.6 Å². The molecule has 1 atom stereocenters. The lowest BCUT2D eigenvalue weighted by Crippen LogP contribution is -2.39. The molecule has 0 heterocycles. The van der Waals surface area contributed by atoms with Crippen LogP contribution in [0.15, 0.2) is 12.1 Å². The minimum absolute atomic E-state index is 0.246. The third-order valence-corrected chi connectivity index (χ3v) is 3.58. The summed E-state index contributed by atoms with van der Waals surface area (Å²) >= 11 is 5.72. The minimum atomic E-state index is -0.743. The fourth-order valence-corrected chi connectivity index (χ4v) is 2.28. The number of phenols is 1. The van der Waals surface area contributed by atoms with E-state index in [1.807, 2.05) is 0 Å². The summed E-state index contributed by atoms with van der Waals surface area (Å²) in [5.41, 5.74) is -0.348. The summed E-state index contributed by atoms with van der Waals surface area (Å²) in [5, 5.41) is 22.9. The van der Waals surface area contributed by atoms with Gasteiger partial charge in [-0.2, -0.15) is 0 Å². The van der Waals surface area contributed by atoms with Crippen LogP contribution in [0.3, 0.4) is 0 Å². The summed E-state index contributed by atoms with van der Waals surface area (Å²) in [7, 11) is 0. The maximum Gasteiger partial charge on any atom is 0.166 e. The number of hydrogen-bond acceptors (Lipinski definition) is 3. The van der Waals surface area contributed by atoms with Gasteiger partial charge in [-0.05, 0) is 37.8 Å². The zero-order chi connectivity index (χ0) is 13.3. The van der Waals surface area contributed by atoms with Gasteiger partial charge in [-0.1, -0.05) is 11.6 Å². The predicted octanol–water partition coefficient (Wildman–Crippen LogP) is 2.44. The first-order valence-corrected chi connectivity index (χ1v) is 6.38. The highest BCUT2D eigenvalue weighted by molar-refractivity contribution is 6.30. The number of halogens is 2. The van der Waals surface area contributed by atoms with Crippen molar-refractivity contribution in [3.05, 3.63) is 28.5 Å². The van der Waals surface area contributed by atoms with Crippen molar-refractivity contribution in [2.45, 2.75) is 31.9 Å². The van der Waals surface area contributed by atoms with Crippen LogP contribution in [0.5, 0.6) is 5.75 Å². The van der Waals surface area contributed by atoms with Crippen molar-refractivity contribution in [3.8, 4) is 5.75 Å².